The number of amides is 2. The van der Waals surface area contributed by atoms with Gasteiger partial charge < -0.3 is 30.3 Å². The van der Waals surface area contributed by atoms with E-state index < -0.39 is 23.4 Å². The molecule has 32 heavy (non-hydrogen) atoms. The second-order valence-corrected chi connectivity index (χ2v) is 9.69. The summed E-state index contributed by atoms with van der Waals surface area (Å²) >= 11 is 0. The molecule has 0 aromatic carbocycles. The third kappa shape index (κ3) is 19.1. The quantitative estimate of drug-likeness (QED) is 0.269. The second-order valence-electron chi connectivity index (χ2n) is 9.69. The molecule has 10 nitrogen and oxygen atoms in total. The Kier molecular flexibility index (Phi) is 15.3. The van der Waals surface area contributed by atoms with Crippen molar-refractivity contribution >= 4 is 12.2 Å². The van der Waals surface area contributed by atoms with Crippen LogP contribution in [0, 0.1) is 0 Å². The highest BCUT2D eigenvalue weighted by Crippen LogP contribution is 2.07. The van der Waals surface area contributed by atoms with Gasteiger partial charge in [0.1, 0.15) is 11.2 Å². The molecule has 0 aliphatic carbocycles. The third-order valence-electron chi connectivity index (χ3n) is 4.20. The molecule has 0 radical (unpaired) electrons. The van der Waals surface area contributed by atoms with E-state index in [9.17, 15) is 19.8 Å². The maximum absolute atomic E-state index is 11.7. The Morgan fingerprint density at radius 3 is 1.28 bits per heavy atom. The average Bonchev–Trinajstić information content (AvgIpc) is 2.63. The predicted octanol–water partition coefficient (Wildman–Crippen LogP) is 1.40. The summed E-state index contributed by atoms with van der Waals surface area (Å²) in [4.78, 5) is 27.7. The van der Waals surface area contributed by atoms with Gasteiger partial charge in [0.05, 0.1) is 13.2 Å². The number of hydrogen-bond acceptors (Lipinski definition) is 8. The number of aliphatic hydroxyl groups is 2. The van der Waals surface area contributed by atoms with Gasteiger partial charge >= 0.3 is 12.2 Å². The molecule has 0 aliphatic heterocycles. The van der Waals surface area contributed by atoms with E-state index in [4.69, 9.17) is 9.47 Å². The zero-order chi connectivity index (χ0) is 24.6. The lowest BCUT2D eigenvalue weighted by atomic mass is 10.2. The Bertz CT molecular complexity index is 474. The van der Waals surface area contributed by atoms with Gasteiger partial charge in [0, 0.05) is 39.3 Å². The number of rotatable bonds is 15. The summed E-state index contributed by atoms with van der Waals surface area (Å²) in [6.07, 6.45) is 0.610. The Labute approximate surface area is 193 Å². The number of nitrogens with zero attached hydrogens (tertiary/aromatic N) is 2. The molecule has 0 atom stereocenters. The minimum Gasteiger partial charge on any atom is -0.444 e. The number of carbonyl (C=O) groups is 2. The van der Waals surface area contributed by atoms with E-state index >= 15 is 0 Å². The highest BCUT2D eigenvalue weighted by atomic mass is 16.6. The lowest BCUT2D eigenvalue weighted by molar-refractivity contribution is 0.0512. The van der Waals surface area contributed by atoms with Crippen molar-refractivity contribution < 1.29 is 29.3 Å². The topological polar surface area (TPSA) is 124 Å². The molecule has 0 heterocycles. The van der Waals surface area contributed by atoms with Crippen molar-refractivity contribution in [2.75, 3.05) is 65.6 Å². The summed E-state index contributed by atoms with van der Waals surface area (Å²) in [7, 11) is 0. The van der Waals surface area contributed by atoms with Crippen molar-refractivity contribution in [3.8, 4) is 0 Å². The fourth-order valence-electron chi connectivity index (χ4n) is 2.85. The molecule has 190 valence electrons. The smallest absolute Gasteiger partial charge is 0.407 e. The van der Waals surface area contributed by atoms with Gasteiger partial charge in [-0.05, 0) is 67.5 Å². The van der Waals surface area contributed by atoms with Crippen molar-refractivity contribution in [1.29, 1.82) is 0 Å². The lowest BCUT2D eigenvalue weighted by Crippen LogP contribution is -2.40. The van der Waals surface area contributed by atoms with Crippen molar-refractivity contribution in [2.24, 2.45) is 0 Å². The summed E-state index contributed by atoms with van der Waals surface area (Å²) in [5.74, 6) is 0. The molecule has 0 fully saturated rings. The number of nitrogens with one attached hydrogen (secondary N) is 2. The molecule has 0 aliphatic rings. The Hall–Kier alpha value is -1.62. The van der Waals surface area contributed by atoms with Gasteiger partial charge in [-0.15, -0.1) is 0 Å². The van der Waals surface area contributed by atoms with Crippen molar-refractivity contribution in [3.63, 3.8) is 0 Å². The van der Waals surface area contributed by atoms with Gasteiger partial charge in [-0.25, -0.2) is 9.59 Å². The fraction of sp³-hybridized carbons (Fsp3) is 0.909. The highest BCUT2D eigenvalue weighted by Gasteiger charge is 2.17. The maximum Gasteiger partial charge on any atom is 0.407 e. The van der Waals surface area contributed by atoms with Crippen LogP contribution in [0.3, 0.4) is 0 Å². The SMILES string of the molecule is CC(C)(C)OC(=O)NCCCN(CCO)CCN(CCO)CCCNC(=O)OC(C)(C)C. The first-order chi connectivity index (χ1) is 14.9. The predicted molar refractivity (Wildman–Crippen MR) is 125 cm³/mol. The number of ether oxygens (including phenoxy) is 2. The molecule has 0 saturated heterocycles. The minimum absolute atomic E-state index is 0.0549. The average molecular weight is 463 g/mol. The Morgan fingerprint density at radius 2 is 1.00 bits per heavy atom. The van der Waals surface area contributed by atoms with Crippen LogP contribution in [0.15, 0.2) is 0 Å². The summed E-state index contributed by atoms with van der Waals surface area (Å²) in [5.41, 5.74) is -1.04. The standard InChI is InChI=1S/C22H46N4O6/c1-21(2,3)31-19(29)23-9-7-11-25(15-17-27)13-14-26(16-18-28)12-8-10-24-20(30)32-22(4,5)6/h27-28H,7-18H2,1-6H3,(H,23,29)(H,24,30). The summed E-state index contributed by atoms with van der Waals surface area (Å²) < 4.78 is 10.4. The summed E-state index contributed by atoms with van der Waals surface area (Å²) in [6, 6.07) is 0. The van der Waals surface area contributed by atoms with Crippen LogP contribution in [-0.4, -0.2) is 109 Å². The van der Waals surface area contributed by atoms with Crippen molar-refractivity contribution in [2.45, 2.75) is 65.6 Å². The van der Waals surface area contributed by atoms with Gasteiger partial charge in [-0.1, -0.05) is 0 Å². The summed E-state index contributed by atoms with van der Waals surface area (Å²) in [6.45, 7) is 16.0. The number of alkyl carbamates (subject to hydrolysis) is 2. The molecule has 2 amide bonds. The molecule has 0 bridgehead atoms. The molecule has 0 aromatic rings. The van der Waals surface area contributed by atoms with E-state index in [2.05, 4.69) is 20.4 Å². The normalized spacial score (nSPS) is 12.2. The van der Waals surface area contributed by atoms with E-state index in [1.54, 1.807) is 0 Å². The molecule has 0 spiro atoms. The molecule has 0 aromatic heterocycles. The van der Waals surface area contributed by atoms with Gasteiger partial charge in [0.2, 0.25) is 0 Å². The molecule has 10 heteroatoms. The van der Waals surface area contributed by atoms with E-state index in [1.165, 1.54) is 0 Å². The molecule has 0 unspecified atom stereocenters. The lowest BCUT2D eigenvalue weighted by Gasteiger charge is -2.27. The third-order valence-corrected chi connectivity index (χ3v) is 4.20. The first kappa shape index (κ1) is 30.4. The first-order valence-corrected chi connectivity index (χ1v) is 11.5. The van der Waals surface area contributed by atoms with E-state index in [0.717, 1.165) is 39.0 Å². The van der Waals surface area contributed by atoms with Gasteiger partial charge in [-0.3, -0.25) is 9.80 Å². The van der Waals surface area contributed by atoms with Gasteiger partial charge in [0.25, 0.3) is 0 Å². The van der Waals surface area contributed by atoms with Crippen LogP contribution in [0.5, 0.6) is 0 Å². The summed E-state index contributed by atoms with van der Waals surface area (Å²) in [5, 5.41) is 24.2. The van der Waals surface area contributed by atoms with Crippen molar-refractivity contribution in [1.82, 2.24) is 20.4 Å². The number of aliphatic hydroxyl groups excluding tert-OH is 2. The van der Waals surface area contributed by atoms with Gasteiger partial charge in [0.15, 0.2) is 0 Å². The number of hydrogen-bond donors (Lipinski definition) is 4. The monoisotopic (exact) mass is 462 g/mol. The number of carbonyl (C=O) groups excluding carboxylic acids is 2. The zero-order valence-electron chi connectivity index (χ0n) is 20.9. The second kappa shape index (κ2) is 16.1. The van der Waals surface area contributed by atoms with Crippen LogP contribution in [0.1, 0.15) is 54.4 Å². The molecular formula is C22H46N4O6. The van der Waals surface area contributed by atoms with E-state index in [-0.39, 0.29) is 13.2 Å². The fourth-order valence-corrected chi connectivity index (χ4v) is 2.85. The van der Waals surface area contributed by atoms with Crippen LogP contribution in [-0.2, 0) is 9.47 Å². The van der Waals surface area contributed by atoms with Crippen LogP contribution in [0.25, 0.3) is 0 Å². The van der Waals surface area contributed by atoms with Crippen LogP contribution < -0.4 is 10.6 Å². The molecule has 0 rings (SSSR count). The van der Waals surface area contributed by atoms with Crippen LogP contribution in [0.2, 0.25) is 0 Å². The van der Waals surface area contributed by atoms with Crippen LogP contribution in [0.4, 0.5) is 9.59 Å². The minimum atomic E-state index is -0.522. The van der Waals surface area contributed by atoms with Gasteiger partial charge in [-0.2, -0.15) is 0 Å². The van der Waals surface area contributed by atoms with Crippen molar-refractivity contribution in [3.05, 3.63) is 0 Å². The molecule has 4 N–H and O–H groups in total. The Morgan fingerprint density at radius 1 is 0.656 bits per heavy atom. The molecular weight excluding hydrogens is 416 g/mol. The Balaban J connectivity index is 4.25. The maximum atomic E-state index is 11.7. The molecule has 0 saturated carbocycles. The highest BCUT2D eigenvalue weighted by molar-refractivity contribution is 5.67. The first-order valence-electron chi connectivity index (χ1n) is 11.5. The van der Waals surface area contributed by atoms with E-state index in [1.807, 2.05) is 41.5 Å². The van der Waals surface area contributed by atoms with Crippen LogP contribution >= 0.6 is 0 Å². The largest absolute Gasteiger partial charge is 0.444 e. The zero-order valence-corrected chi connectivity index (χ0v) is 20.9. The van der Waals surface area contributed by atoms with E-state index in [0.29, 0.717) is 26.2 Å².